The van der Waals surface area contributed by atoms with Gasteiger partial charge < -0.3 is 14.3 Å². The van der Waals surface area contributed by atoms with Gasteiger partial charge in [0.2, 0.25) is 5.04 Å². The lowest BCUT2D eigenvalue weighted by atomic mass is 10.0. The number of sulfone groups is 1. The highest BCUT2D eigenvalue weighted by Gasteiger charge is 2.25. The highest BCUT2D eigenvalue weighted by Crippen LogP contribution is 2.23. The Morgan fingerprint density at radius 2 is 1.71 bits per heavy atom. The van der Waals surface area contributed by atoms with E-state index in [0.717, 1.165) is 19.4 Å². The Labute approximate surface area is 139 Å². The number of carbonyl (C=O) groups is 2. The fraction of sp³-hybridized carbons (Fsp3) is 0.267. The molecule has 0 atom stereocenters. The van der Waals surface area contributed by atoms with Crippen LogP contribution >= 0.6 is 0 Å². The molecule has 0 radical (unpaired) electrons. The second-order valence-electron chi connectivity index (χ2n) is 4.56. The van der Waals surface area contributed by atoms with Crippen molar-refractivity contribution in [3.8, 4) is 0 Å². The first-order chi connectivity index (χ1) is 11.2. The van der Waals surface area contributed by atoms with Gasteiger partial charge in [-0.05, 0) is 0 Å². The minimum absolute atomic E-state index is 0.0187. The van der Waals surface area contributed by atoms with Gasteiger partial charge in [-0.3, -0.25) is 0 Å². The van der Waals surface area contributed by atoms with Crippen molar-refractivity contribution in [2.45, 2.75) is 6.92 Å². The number of oxime groups is 1. The van der Waals surface area contributed by atoms with Gasteiger partial charge in [0.15, 0.2) is 9.84 Å². The summed E-state index contributed by atoms with van der Waals surface area (Å²) in [4.78, 5) is 27.4. The SMILES string of the molecule is CO/C=C(/C(=O)OC)c1ccccc1C(=NOC(C)=O)S(C)(=O)=O. The molecule has 0 amide bonds. The van der Waals surface area contributed by atoms with Crippen molar-refractivity contribution in [1.82, 2.24) is 0 Å². The largest absolute Gasteiger partial charge is 0.503 e. The minimum atomic E-state index is -3.86. The first-order valence-corrected chi connectivity index (χ1v) is 8.48. The molecule has 0 fully saturated rings. The summed E-state index contributed by atoms with van der Waals surface area (Å²) in [5, 5.41) is 2.91. The van der Waals surface area contributed by atoms with Gasteiger partial charge in [-0.25, -0.2) is 18.0 Å². The average Bonchev–Trinajstić information content (AvgIpc) is 2.51. The first-order valence-electron chi connectivity index (χ1n) is 6.59. The van der Waals surface area contributed by atoms with E-state index in [0.29, 0.717) is 0 Å². The summed E-state index contributed by atoms with van der Waals surface area (Å²) in [6, 6.07) is 6.06. The first kappa shape index (κ1) is 19.4. The van der Waals surface area contributed by atoms with Crippen molar-refractivity contribution in [2.75, 3.05) is 20.5 Å². The van der Waals surface area contributed by atoms with Gasteiger partial charge in [0.25, 0.3) is 0 Å². The maximum Gasteiger partial charge on any atom is 0.341 e. The zero-order chi connectivity index (χ0) is 18.3. The molecular weight excluding hydrogens is 338 g/mol. The number of hydrogen-bond acceptors (Lipinski definition) is 8. The van der Waals surface area contributed by atoms with Gasteiger partial charge in [0.1, 0.15) is 5.57 Å². The average molecular weight is 355 g/mol. The standard InChI is InChI=1S/C15H17NO7S/c1-10(17)23-16-14(24(4,19)20)12-8-6-5-7-11(12)13(9-21-2)15(18)22-3/h5-9H,1-4H3/b13-9+,16-14?. The van der Waals surface area contributed by atoms with Crippen LogP contribution in [0.3, 0.4) is 0 Å². The summed E-state index contributed by atoms with van der Waals surface area (Å²) in [6.45, 7) is 1.08. The van der Waals surface area contributed by atoms with Crippen LogP contribution in [0.15, 0.2) is 35.7 Å². The molecule has 0 heterocycles. The van der Waals surface area contributed by atoms with E-state index in [9.17, 15) is 18.0 Å². The van der Waals surface area contributed by atoms with Crippen LogP contribution in [-0.2, 0) is 33.7 Å². The van der Waals surface area contributed by atoms with E-state index in [-0.39, 0.29) is 16.7 Å². The van der Waals surface area contributed by atoms with Crippen molar-refractivity contribution in [1.29, 1.82) is 0 Å². The van der Waals surface area contributed by atoms with Crippen molar-refractivity contribution >= 4 is 32.4 Å². The van der Waals surface area contributed by atoms with E-state index in [1.165, 1.54) is 26.4 Å². The topological polar surface area (TPSA) is 108 Å². The summed E-state index contributed by atoms with van der Waals surface area (Å²) < 4.78 is 33.6. The van der Waals surface area contributed by atoms with Gasteiger partial charge >= 0.3 is 11.9 Å². The van der Waals surface area contributed by atoms with E-state index in [2.05, 4.69) is 14.7 Å². The Morgan fingerprint density at radius 3 is 2.17 bits per heavy atom. The smallest absolute Gasteiger partial charge is 0.341 e. The van der Waals surface area contributed by atoms with Crippen LogP contribution in [0.2, 0.25) is 0 Å². The van der Waals surface area contributed by atoms with Crippen LogP contribution in [0.1, 0.15) is 18.1 Å². The molecule has 0 aliphatic rings. The van der Waals surface area contributed by atoms with Gasteiger partial charge in [-0.1, -0.05) is 29.4 Å². The highest BCUT2D eigenvalue weighted by molar-refractivity contribution is 8.06. The summed E-state index contributed by atoms with van der Waals surface area (Å²) in [5.74, 6) is -1.51. The van der Waals surface area contributed by atoms with Crippen LogP contribution in [0, 0.1) is 0 Å². The summed E-state index contributed by atoms with van der Waals surface area (Å²) in [6.07, 6.45) is 2.03. The summed E-state index contributed by atoms with van der Waals surface area (Å²) >= 11 is 0. The zero-order valence-corrected chi connectivity index (χ0v) is 14.4. The molecule has 1 aromatic carbocycles. The summed E-state index contributed by atoms with van der Waals surface area (Å²) in [7, 11) is -1.36. The number of methoxy groups -OCH3 is 2. The molecule has 8 nitrogen and oxygen atoms in total. The van der Waals surface area contributed by atoms with Crippen molar-refractivity contribution in [2.24, 2.45) is 5.16 Å². The number of hydrogen-bond donors (Lipinski definition) is 0. The maximum atomic E-state index is 12.0. The summed E-state index contributed by atoms with van der Waals surface area (Å²) in [5.41, 5.74) is 0.243. The Morgan fingerprint density at radius 1 is 1.12 bits per heavy atom. The Hall–Kier alpha value is -2.68. The molecular formula is C15H17NO7S. The second kappa shape index (κ2) is 8.25. The van der Waals surface area contributed by atoms with Crippen LogP contribution in [-0.4, -0.2) is 45.9 Å². The van der Waals surface area contributed by atoms with Crippen LogP contribution in [0.5, 0.6) is 0 Å². The molecule has 24 heavy (non-hydrogen) atoms. The molecule has 0 saturated heterocycles. The molecule has 0 saturated carbocycles. The number of carbonyl (C=O) groups excluding carboxylic acids is 2. The van der Waals surface area contributed by atoms with Gasteiger partial charge in [-0.2, -0.15) is 0 Å². The van der Waals surface area contributed by atoms with E-state index >= 15 is 0 Å². The van der Waals surface area contributed by atoms with Crippen LogP contribution in [0.25, 0.3) is 5.57 Å². The number of benzene rings is 1. The Balaban J connectivity index is 3.64. The number of nitrogens with zero attached hydrogens (tertiary/aromatic N) is 1. The third-order valence-electron chi connectivity index (χ3n) is 2.70. The predicted octanol–water partition coefficient (Wildman–Crippen LogP) is 1.12. The highest BCUT2D eigenvalue weighted by atomic mass is 32.2. The van der Waals surface area contributed by atoms with Crippen molar-refractivity contribution in [3.05, 3.63) is 41.7 Å². The number of esters is 1. The quantitative estimate of drug-likeness (QED) is 0.148. The normalized spacial score (nSPS) is 12.5. The third kappa shape index (κ3) is 4.92. The number of rotatable bonds is 5. The lowest BCUT2D eigenvalue weighted by molar-refractivity contribution is -0.141. The maximum absolute atomic E-state index is 12.0. The van der Waals surface area contributed by atoms with E-state index in [1.54, 1.807) is 12.1 Å². The van der Waals surface area contributed by atoms with Crippen LogP contribution in [0.4, 0.5) is 0 Å². The fourth-order valence-corrected chi connectivity index (χ4v) is 2.53. The molecule has 0 unspecified atom stereocenters. The van der Waals surface area contributed by atoms with E-state index in [1.807, 2.05) is 0 Å². The molecule has 0 N–H and O–H groups in total. The predicted molar refractivity (Wildman–Crippen MR) is 86.6 cm³/mol. The second-order valence-corrected chi connectivity index (χ2v) is 6.49. The molecule has 130 valence electrons. The Kier molecular flexibility index (Phi) is 6.66. The lowest BCUT2D eigenvalue weighted by Gasteiger charge is -2.12. The molecule has 0 aliphatic heterocycles. The third-order valence-corrected chi connectivity index (χ3v) is 3.69. The fourth-order valence-electron chi connectivity index (χ4n) is 1.78. The molecule has 0 spiro atoms. The van der Waals surface area contributed by atoms with E-state index < -0.39 is 26.8 Å². The van der Waals surface area contributed by atoms with Gasteiger partial charge in [0.05, 0.1) is 20.5 Å². The molecule has 0 bridgehead atoms. The van der Waals surface area contributed by atoms with E-state index in [4.69, 9.17) is 4.74 Å². The van der Waals surface area contributed by atoms with Crippen LogP contribution < -0.4 is 0 Å². The van der Waals surface area contributed by atoms with Gasteiger partial charge in [0, 0.05) is 24.3 Å². The molecule has 0 aromatic heterocycles. The lowest BCUT2D eigenvalue weighted by Crippen LogP contribution is -2.18. The number of ether oxygens (including phenoxy) is 2. The zero-order valence-electron chi connectivity index (χ0n) is 13.6. The molecule has 1 rings (SSSR count). The monoisotopic (exact) mass is 355 g/mol. The van der Waals surface area contributed by atoms with Crippen molar-refractivity contribution in [3.63, 3.8) is 0 Å². The molecule has 0 aliphatic carbocycles. The van der Waals surface area contributed by atoms with Gasteiger partial charge in [-0.15, -0.1) is 0 Å². The van der Waals surface area contributed by atoms with Crippen molar-refractivity contribution < 1.29 is 32.3 Å². The Bertz CT molecular complexity index is 794. The minimum Gasteiger partial charge on any atom is -0.503 e. The molecule has 1 aromatic rings. The molecule has 9 heteroatoms.